The molecule has 152 valence electrons. The maximum absolute atomic E-state index is 12.5. The Kier molecular flexibility index (Phi) is 5.72. The number of nitrogens with zero attached hydrogens (tertiary/aromatic N) is 2. The van der Waals surface area contributed by atoms with E-state index in [9.17, 15) is 14.4 Å². The third-order valence-electron chi connectivity index (χ3n) is 4.40. The topological polar surface area (TPSA) is 96.9 Å². The van der Waals surface area contributed by atoms with Crippen LogP contribution >= 0.6 is 34.5 Å². The first kappa shape index (κ1) is 20.3. The van der Waals surface area contributed by atoms with E-state index in [4.69, 9.17) is 23.2 Å². The van der Waals surface area contributed by atoms with Crippen LogP contribution in [0, 0.1) is 0 Å². The fourth-order valence-corrected chi connectivity index (χ4v) is 4.26. The first-order valence-electron chi connectivity index (χ1n) is 8.81. The number of amides is 1. The molecule has 7 nitrogen and oxygen atoms in total. The number of thiazole rings is 1. The van der Waals surface area contributed by atoms with Crippen LogP contribution in [0.3, 0.4) is 0 Å². The molecule has 4 rings (SSSR count). The lowest BCUT2D eigenvalue weighted by Crippen LogP contribution is -2.33. The van der Waals surface area contributed by atoms with Crippen LogP contribution in [0.15, 0.2) is 58.3 Å². The van der Waals surface area contributed by atoms with Crippen molar-refractivity contribution in [2.24, 2.45) is 0 Å². The molecule has 0 saturated carbocycles. The van der Waals surface area contributed by atoms with Crippen LogP contribution in [0.1, 0.15) is 10.4 Å². The fourth-order valence-electron chi connectivity index (χ4n) is 3.02. The largest absolute Gasteiger partial charge is 0.329 e. The van der Waals surface area contributed by atoms with E-state index in [2.05, 4.69) is 15.3 Å². The lowest BCUT2D eigenvalue weighted by molar-refractivity contribution is -0.116. The number of rotatable bonds is 5. The molecule has 0 saturated heterocycles. The highest BCUT2D eigenvalue weighted by Crippen LogP contribution is 2.29. The van der Waals surface area contributed by atoms with Gasteiger partial charge in [-0.2, -0.15) is 0 Å². The number of aromatic nitrogens is 3. The summed E-state index contributed by atoms with van der Waals surface area (Å²) >= 11 is 13.6. The van der Waals surface area contributed by atoms with Crippen LogP contribution in [-0.4, -0.2) is 20.4 Å². The minimum Gasteiger partial charge on any atom is -0.300 e. The van der Waals surface area contributed by atoms with Crippen molar-refractivity contribution in [1.29, 1.82) is 0 Å². The molecule has 0 atom stereocenters. The Morgan fingerprint density at radius 3 is 2.77 bits per heavy atom. The van der Waals surface area contributed by atoms with Gasteiger partial charge in [0.2, 0.25) is 5.91 Å². The molecule has 30 heavy (non-hydrogen) atoms. The summed E-state index contributed by atoms with van der Waals surface area (Å²) in [6.45, 7) is -0.259. The number of hydrogen-bond donors (Lipinski definition) is 2. The number of anilines is 1. The first-order chi connectivity index (χ1) is 14.4. The molecular formula is C20H14Cl2N4O3S. The Morgan fingerprint density at radius 1 is 1.13 bits per heavy atom. The molecule has 0 aliphatic rings. The normalized spacial score (nSPS) is 11.0. The van der Waals surface area contributed by atoms with Crippen LogP contribution in [-0.2, 0) is 17.8 Å². The first-order valence-corrected chi connectivity index (χ1v) is 10.4. The Morgan fingerprint density at radius 2 is 1.93 bits per heavy atom. The minimum absolute atomic E-state index is 0.259. The highest BCUT2D eigenvalue weighted by atomic mass is 35.5. The molecule has 0 aliphatic carbocycles. The Hall–Kier alpha value is -2.94. The number of aromatic amines is 1. The third-order valence-corrected chi connectivity index (χ3v) is 6.17. The van der Waals surface area contributed by atoms with E-state index in [1.807, 2.05) is 12.1 Å². The predicted octanol–water partition coefficient (Wildman–Crippen LogP) is 3.68. The summed E-state index contributed by atoms with van der Waals surface area (Å²) in [5.74, 6) is -0.434. The fraction of sp³-hybridized carbons (Fsp3) is 0.100. The van der Waals surface area contributed by atoms with Crippen molar-refractivity contribution in [2.45, 2.75) is 13.0 Å². The van der Waals surface area contributed by atoms with E-state index < -0.39 is 17.2 Å². The second-order valence-corrected chi connectivity index (χ2v) is 8.33. The maximum Gasteiger partial charge on any atom is 0.329 e. The summed E-state index contributed by atoms with van der Waals surface area (Å²) in [4.78, 5) is 44.0. The highest BCUT2D eigenvalue weighted by molar-refractivity contribution is 7.15. The van der Waals surface area contributed by atoms with Gasteiger partial charge in [0.15, 0.2) is 5.13 Å². The van der Waals surface area contributed by atoms with Crippen LogP contribution in [0.2, 0.25) is 10.0 Å². The molecule has 2 heterocycles. The molecule has 0 bridgehead atoms. The van der Waals surface area contributed by atoms with Crippen molar-refractivity contribution in [3.8, 4) is 0 Å². The zero-order chi connectivity index (χ0) is 21.3. The van der Waals surface area contributed by atoms with E-state index in [-0.39, 0.29) is 6.54 Å². The number of carbonyl (C=O) groups excluding carboxylic acids is 1. The SMILES string of the molecule is O=C(Cn1c(=O)[nH]c(=O)c2ccccc21)Nc1ncc(Cc2cccc(Cl)c2Cl)s1. The van der Waals surface area contributed by atoms with E-state index in [1.54, 1.807) is 36.5 Å². The number of H-pyrrole nitrogens is 1. The molecule has 4 aromatic rings. The van der Waals surface area contributed by atoms with E-state index >= 15 is 0 Å². The molecule has 0 aliphatic heterocycles. The van der Waals surface area contributed by atoms with Crippen molar-refractivity contribution in [3.63, 3.8) is 0 Å². The number of halogens is 2. The van der Waals surface area contributed by atoms with Gasteiger partial charge in [-0.25, -0.2) is 9.78 Å². The Bertz CT molecular complexity index is 1380. The number of hydrogen-bond acceptors (Lipinski definition) is 5. The average Bonchev–Trinajstić information content (AvgIpc) is 3.15. The molecule has 0 fully saturated rings. The summed E-state index contributed by atoms with van der Waals surface area (Å²) in [5.41, 5.74) is 0.106. The van der Waals surface area contributed by atoms with Crippen LogP contribution in [0.25, 0.3) is 10.9 Å². The second kappa shape index (κ2) is 8.43. The van der Waals surface area contributed by atoms with Gasteiger partial charge >= 0.3 is 5.69 Å². The molecular weight excluding hydrogens is 447 g/mol. The lowest BCUT2D eigenvalue weighted by atomic mass is 10.1. The Labute approximate surface area is 183 Å². The van der Waals surface area contributed by atoms with Crippen molar-refractivity contribution in [2.75, 3.05) is 5.32 Å². The van der Waals surface area contributed by atoms with Gasteiger partial charge in [0.25, 0.3) is 5.56 Å². The highest BCUT2D eigenvalue weighted by Gasteiger charge is 2.13. The zero-order valence-corrected chi connectivity index (χ0v) is 17.6. The number of carbonyl (C=O) groups is 1. The van der Waals surface area contributed by atoms with Crippen molar-refractivity contribution < 1.29 is 4.79 Å². The molecule has 2 aromatic heterocycles. The lowest BCUT2D eigenvalue weighted by Gasteiger charge is -2.08. The van der Waals surface area contributed by atoms with Gasteiger partial charge in [0.1, 0.15) is 6.54 Å². The standard InChI is InChI=1S/C20H14Cl2N4O3S/c21-14-6-3-4-11(17(14)22)8-12-9-23-19(30-12)24-16(27)10-26-15-7-2-1-5-13(15)18(28)25-20(26)29/h1-7,9H,8,10H2,(H,23,24,27)(H,25,28,29). The quantitative estimate of drug-likeness (QED) is 0.474. The number of fused-ring (bicyclic) bond motifs is 1. The van der Waals surface area contributed by atoms with Crippen LogP contribution in [0.5, 0.6) is 0 Å². The monoisotopic (exact) mass is 460 g/mol. The second-order valence-electron chi connectivity index (χ2n) is 6.43. The molecule has 2 N–H and O–H groups in total. The molecule has 0 unspecified atom stereocenters. The predicted molar refractivity (Wildman–Crippen MR) is 119 cm³/mol. The van der Waals surface area contributed by atoms with Gasteiger partial charge in [-0.15, -0.1) is 11.3 Å². The summed E-state index contributed by atoms with van der Waals surface area (Å²) in [7, 11) is 0. The summed E-state index contributed by atoms with van der Waals surface area (Å²) in [6.07, 6.45) is 2.18. The van der Waals surface area contributed by atoms with Gasteiger partial charge in [0.05, 0.1) is 20.9 Å². The number of para-hydroxylation sites is 1. The van der Waals surface area contributed by atoms with Gasteiger partial charge in [-0.1, -0.05) is 47.5 Å². The van der Waals surface area contributed by atoms with Gasteiger partial charge in [-0.3, -0.25) is 19.1 Å². The Balaban J connectivity index is 1.51. The molecule has 1 amide bonds. The summed E-state index contributed by atoms with van der Waals surface area (Å²) in [6, 6.07) is 12.0. The van der Waals surface area contributed by atoms with Crippen molar-refractivity contribution in [1.82, 2.24) is 14.5 Å². The number of nitrogens with one attached hydrogen (secondary N) is 2. The molecule has 0 spiro atoms. The van der Waals surface area contributed by atoms with Crippen molar-refractivity contribution in [3.05, 3.63) is 90.0 Å². The maximum atomic E-state index is 12.5. The third kappa shape index (κ3) is 4.16. The van der Waals surface area contributed by atoms with Gasteiger partial charge in [-0.05, 0) is 23.8 Å². The molecule has 0 radical (unpaired) electrons. The van der Waals surface area contributed by atoms with Crippen LogP contribution in [0.4, 0.5) is 5.13 Å². The minimum atomic E-state index is -0.649. The zero-order valence-electron chi connectivity index (χ0n) is 15.3. The smallest absolute Gasteiger partial charge is 0.300 e. The molecule has 10 heteroatoms. The molecule has 2 aromatic carbocycles. The van der Waals surface area contributed by atoms with E-state index in [1.165, 1.54) is 15.9 Å². The van der Waals surface area contributed by atoms with Gasteiger partial charge in [0, 0.05) is 17.5 Å². The summed E-state index contributed by atoms with van der Waals surface area (Å²) in [5, 5.41) is 4.38. The average molecular weight is 461 g/mol. The van der Waals surface area contributed by atoms with Crippen LogP contribution < -0.4 is 16.6 Å². The number of benzene rings is 2. The summed E-state index contributed by atoms with van der Waals surface area (Å²) < 4.78 is 1.21. The van der Waals surface area contributed by atoms with E-state index in [0.29, 0.717) is 32.5 Å². The van der Waals surface area contributed by atoms with Gasteiger partial charge < -0.3 is 5.32 Å². The van der Waals surface area contributed by atoms with E-state index in [0.717, 1.165) is 10.4 Å². The van der Waals surface area contributed by atoms with Crippen molar-refractivity contribution >= 4 is 56.5 Å².